The second kappa shape index (κ2) is 7.51. The molecule has 0 fully saturated rings. The number of rotatable bonds is 5. The number of phenolic OH excluding ortho intramolecular Hbond substituents is 1. The zero-order valence-corrected chi connectivity index (χ0v) is 16.5. The average Bonchev–Trinajstić information content (AvgIpc) is 3.28. The van der Waals surface area contributed by atoms with Gasteiger partial charge in [-0.3, -0.25) is 14.9 Å². The van der Waals surface area contributed by atoms with Crippen molar-refractivity contribution < 1.29 is 10.0 Å². The van der Waals surface area contributed by atoms with Gasteiger partial charge in [-0.25, -0.2) is 9.67 Å². The molecule has 0 bridgehead atoms. The number of anilines is 2. The normalized spacial score (nSPS) is 11.1. The Labute approximate surface area is 179 Å². The van der Waals surface area contributed by atoms with Crippen molar-refractivity contribution in [3.05, 3.63) is 93.2 Å². The highest BCUT2D eigenvalue weighted by Gasteiger charge is 2.19. The number of hydrogen-bond acceptors (Lipinski definition) is 7. The minimum absolute atomic E-state index is 0.0646. The van der Waals surface area contributed by atoms with Gasteiger partial charge in [0.25, 0.3) is 5.69 Å². The molecular formula is C22H16N6O4. The highest BCUT2D eigenvalue weighted by atomic mass is 16.6. The smallest absolute Gasteiger partial charge is 0.293 e. The lowest BCUT2D eigenvalue weighted by molar-refractivity contribution is -0.383. The Balaban J connectivity index is 1.60. The van der Waals surface area contributed by atoms with E-state index >= 15 is 0 Å². The zero-order valence-electron chi connectivity index (χ0n) is 16.5. The monoisotopic (exact) mass is 428 g/mol. The molecule has 5 aromatic rings. The van der Waals surface area contributed by atoms with Crippen LogP contribution in [0.1, 0.15) is 5.56 Å². The fourth-order valence-corrected chi connectivity index (χ4v) is 3.66. The fourth-order valence-electron chi connectivity index (χ4n) is 3.66. The first kappa shape index (κ1) is 19.2. The highest BCUT2D eigenvalue weighted by Crippen LogP contribution is 2.32. The number of H-pyrrole nitrogens is 1. The lowest BCUT2D eigenvalue weighted by atomic mass is 10.1. The van der Waals surface area contributed by atoms with Crippen molar-refractivity contribution in [1.29, 1.82) is 0 Å². The van der Waals surface area contributed by atoms with Crippen LogP contribution in [0.2, 0.25) is 0 Å². The molecule has 0 spiro atoms. The molecular weight excluding hydrogens is 412 g/mol. The second-order valence-corrected chi connectivity index (χ2v) is 7.24. The molecule has 5 rings (SSSR count). The Bertz CT molecular complexity index is 1520. The van der Waals surface area contributed by atoms with Crippen LogP contribution >= 0.6 is 0 Å². The van der Waals surface area contributed by atoms with Gasteiger partial charge in [-0.1, -0.05) is 12.1 Å². The molecule has 32 heavy (non-hydrogen) atoms. The fraction of sp³-hybridized carbons (Fsp3) is 0.0455. The minimum Gasteiger partial charge on any atom is -0.508 e. The molecule has 3 aromatic carbocycles. The molecule has 10 heteroatoms. The minimum atomic E-state index is -0.534. The summed E-state index contributed by atoms with van der Waals surface area (Å²) in [6.07, 6.45) is 3.10. The number of aromatic hydroxyl groups is 1. The van der Waals surface area contributed by atoms with Crippen molar-refractivity contribution in [1.82, 2.24) is 19.7 Å². The molecule has 0 aliphatic heterocycles. The van der Waals surface area contributed by atoms with E-state index in [0.29, 0.717) is 23.4 Å². The lowest BCUT2D eigenvalue weighted by Gasteiger charge is -2.12. The summed E-state index contributed by atoms with van der Waals surface area (Å²) in [5.74, 6) is -0.0646. The topological polar surface area (TPSA) is 139 Å². The van der Waals surface area contributed by atoms with E-state index in [1.165, 1.54) is 36.7 Å². The lowest BCUT2D eigenvalue weighted by Crippen LogP contribution is -2.08. The van der Waals surface area contributed by atoms with Crippen molar-refractivity contribution in [3.63, 3.8) is 0 Å². The van der Waals surface area contributed by atoms with Crippen LogP contribution in [0.25, 0.3) is 21.8 Å². The van der Waals surface area contributed by atoms with E-state index in [2.05, 4.69) is 20.4 Å². The van der Waals surface area contributed by atoms with Crippen LogP contribution in [0.5, 0.6) is 5.75 Å². The quantitative estimate of drug-likeness (QED) is 0.220. The number of phenols is 1. The van der Waals surface area contributed by atoms with E-state index in [9.17, 15) is 20.0 Å². The van der Waals surface area contributed by atoms with Gasteiger partial charge in [-0.05, 0) is 42.0 Å². The maximum absolute atomic E-state index is 13.2. The van der Waals surface area contributed by atoms with Gasteiger partial charge in [0.2, 0.25) is 0 Å². The van der Waals surface area contributed by atoms with Gasteiger partial charge in [-0.2, -0.15) is 5.10 Å². The first-order valence-electron chi connectivity index (χ1n) is 9.64. The van der Waals surface area contributed by atoms with Crippen LogP contribution in [0, 0.1) is 10.1 Å². The summed E-state index contributed by atoms with van der Waals surface area (Å²) in [4.78, 5) is 31.2. The molecule has 0 aliphatic carbocycles. The number of non-ortho nitro benzene ring substituents is 1. The molecule has 158 valence electrons. The number of benzene rings is 3. The molecule has 2 heterocycles. The third-order valence-electron chi connectivity index (χ3n) is 5.16. The van der Waals surface area contributed by atoms with Gasteiger partial charge in [-0.15, -0.1) is 0 Å². The standard InChI is InChI=1S/C22H16N6O4/c29-15-5-6-17-16(9-15)22(30)20-18(7-8-19(28(31)32)21(20)26-17)25-14-3-1-13(2-4-14)10-27-12-23-11-24-27/h1-9,11-12,25,29H,10H2,(H,26,30). The third kappa shape index (κ3) is 3.39. The number of pyridine rings is 1. The SMILES string of the molecule is O=c1c2cc(O)ccc2[nH]c2c([N+](=O)[O-])ccc(Nc3ccc(Cn4cncn4)cc3)c12. The highest BCUT2D eigenvalue weighted by molar-refractivity contribution is 6.04. The summed E-state index contributed by atoms with van der Waals surface area (Å²) in [5.41, 5.74) is 2.02. The van der Waals surface area contributed by atoms with Crippen LogP contribution in [0.3, 0.4) is 0 Å². The molecule has 0 saturated heterocycles. The first-order valence-corrected chi connectivity index (χ1v) is 9.64. The van der Waals surface area contributed by atoms with Crippen molar-refractivity contribution >= 4 is 38.9 Å². The van der Waals surface area contributed by atoms with Crippen LogP contribution in [-0.2, 0) is 6.54 Å². The Morgan fingerprint density at radius 2 is 1.94 bits per heavy atom. The number of nitrogens with one attached hydrogen (secondary N) is 2. The van der Waals surface area contributed by atoms with E-state index in [4.69, 9.17) is 0 Å². The van der Waals surface area contributed by atoms with Crippen LogP contribution in [-0.4, -0.2) is 29.8 Å². The van der Waals surface area contributed by atoms with E-state index < -0.39 is 10.4 Å². The summed E-state index contributed by atoms with van der Waals surface area (Å²) >= 11 is 0. The van der Waals surface area contributed by atoms with Crippen molar-refractivity contribution in [2.45, 2.75) is 6.54 Å². The van der Waals surface area contributed by atoms with Crippen LogP contribution < -0.4 is 10.7 Å². The second-order valence-electron chi connectivity index (χ2n) is 7.24. The molecule has 0 amide bonds. The molecule has 0 aliphatic rings. The maximum Gasteiger partial charge on any atom is 0.293 e. The van der Waals surface area contributed by atoms with E-state index in [1.54, 1.807) is 11.0 Å². The Hall–Kier alpha value is -4.73. The number of aromatic nitrogens is 4. The van der Waals surface area contributed by atoms with Crippen molar-refractivity contribution in [3.8, 4) is 5.75 Å². The van der Waals surface area contributed by atoms with Gasteiger partial charge in [0.15, 0.2) is 5.43 Å². The summed E-state index contributed by atoms with van der Waals surface area (Å²) in [5, 5.41) is 29.0. The number of nitro benzene ring substituents is 1. The average molecular weight is 428 g/mol. The predicted octanol–water partition coefficient (Wildman–Crippen LogP) is 3.68. The predicted molar refractivity (Wildman–Crippen MR) is 119 cm³/mol. The van der Waals surface area contributed by atoms with Gasteiger partial charge >= 0.3 is 0 Å². The summed E-state index contributed by atoms with van der Waals surface area (Å²) in [7, 11) is 0. The molecule has 2 aromatic heterocycles. The number of fused-ring (bicyclic) bond motifs is 2. The van der Waals surface area contributed by atoms with Gasteiger partial charge in [0, 0.05) is 17.1 Å². The van der Waals surface area contributed by atoms with Crippen LogP contribution in [0.4, 0.5) is 17.1 Å². The molecule has 3 N–H and O–H groups in total. The van der Waals surface area contributed by atoms with E-state index in [1.807, 2.05) is 24.3 Å². The Morgan fingerprint density at radius 1 is 1.12 bits per heavy atom. The Morgan fingerprint density at radius 3 is 2.66 bits per heavy atom. The largest absolute Gasteiger partial charge is 0.508 e. The molecule has 0 unspecified atom stereocenters. The Kier molecular flexibility index (Phi) is 4.52. The van der Waals surface area contributed by atoms with Crippen molar-refractivity contribution in [2.75, 3.05) is 5.32 Å². The van der Waals surface area contributed by atoms with Gasteiger partial charge < -0.3 is 15.4 Å². The number of nitrogens with zero attached hydrogens (tertiary/aromatic N) is 4. The number of aromatic amines is 1. The van der Waals surface area contributed by atoms with E-state index in [0.717, 1.165) is 5.56 Å². The molecule has 0 saturated carbocycles. The van der Waals surface area contributed by atoms with Gasteiger partial charge in [0.1, 0.15) is 23.9 Å². The van der Waals surface area contributed by atoms with Gasteiger partial charge in [0.05, 0.1) is 28.1 Å². The molecule has 10 nitrogen and oxygen atoms in total. The molecule has 0 atom stereocenters. The maximum atomic E-state index is 13.2. The summed E-state index contributed by atoms with van der Waals surface area (Å²) < 4.78 is 1.70. The molecule has 0 radical (unpaired) electrons. The van der Waals surface area contributed by atoms with Crippen molar-refractivity contribution in [2.24, 2.45) is 0 Å². The zero-order chi connectivity index (χ0) is 22.2. The summed E-state index contributed by atoms with van der Waals surface area (Å²) in [6.45, 7) is 0.565. The number of nitro groups is 1. The van der Waals surface area contributed by atoms with Crippen LogP contribution in [0.15, 0.2) is 72.0 Å². The number of hydrogen-bond donors (Lipinski definition) is 3. The van der Waals surface area contributed by atoms with E-state index in [-0.39, 0.29) is 27.7 Å². The first-order chi connectivity index (χ1) is 15.5. The summed E-state index contributed by atoms with van der Waals surface area (Å²) in [6, 6.07) is 14.7. The third-order valence-corrected chi connectivity index (χ3v) is 5.16.